The normalized spacial score (nSPS) is 39.4. The maximum atomic E-state index is 11.7. The lowest BCUT2D eigenvalue weighted by atomic mass is 9.69. The van der Waals surface area contributed by atoms with Crippen molar-refractivity contribution in [1.82, 2.24) is 5.32 Å². The molecule has 2 aliphatic rings. The monoisotopic (exact) mass is 239 g/mol. The minimum atomic E-state index is -0.651. The van der Waals surface area contributed by atoms with Gasteiger partial charge in [-0.25, -0.2) is 0 Å². The molecule has 0 radical (unpaired) electrons. The fraction of sp³-hybridized carbons (Fsp3) is 0.929. The first-order valence-corrected chi connectivity index (χ1v) is 7.05. The average molecular weight is 239 g/mol. The Morgan fingerprint density at radius 1 is 1.24 bits per heavy atom. The lowest BCUT2D eigenvalue weighted by molar-refractivity contribution is -0.150. The molecule has 3 heteroatoms. The van der Waals surface area contributed by atoms with E-state index in [1.54, 1.807) is 0 Å². The van der Waals surface area contributed by atoms with E-state index in [4.69, 9.17) is 0 Å². The Morgan fingerprint density at radius 2 is 1.88 bits per heavy atom. The summed E-state index contributed by atoms with van der Waals surface area (Å²) < 4.78 is 0. The van der Waals surface area contributed by atoms with Crippen LogP contribution in [-0.2, 0) is 4.79 Å². The second-order valence-electron chi connectivity index (χ2n) is 6.18. The molecule has 2 fully saturated rings. The van der Waals surface area contributed by atoms with Crippen molar-refractivity contribution in [1.29, 1.82) is 0 Å². The van der Waals surface area contributed by atoms with Crippen LogP contribution in [0.5, 0.6) is 0 Å². The van der Waals surface area contributed by atoms with Gasteiger partial charge in [0.25, 0.3) is 0 Å². The maximum absolute atomic E-state index is 11.7. The third-order valence-electron chi connectivity index (χ3n) is 4.83. The molecule has 0 aromatic rings. The number of hydrogen-bond acceptors (Lipinski definition) is 2. The van der Waals surface area contributed by atoms with Gasteiger partial charge in [-0.15, -0.1) is 0 Å². The number of carboxylic acid groups (broad SMARTS) is 1. The molecular formula is C14H25NO2. The van der Waals surface area contributed by atoms with Gasteiger partial charge < -0.3 is 5.11 Å². The van der Waals surface area contributed by atoms with Gasteiger partial charge in [0, 0.05) is 6.04 Å². The Kier molecular flexibility index (Phi) is 3.76. The van der Waals surface area contributed by atoms with Gasteiger partial charge in [-0.1, -0.05) is 26.7 Å². The summed E-state index contributed by atoms with van der Waals surface area (Å²) in [7, 11) is 0. The average Bonchev–Trinajstić information content (AvgIpc) is 2.74. The second-order valence-corrected chi connectivity index (χ2v) is 6.18. The highest BCUT2D eigenvalue weighted by Gasteiger charge is 2.47. The first-order valence-electron chi connectivity index (χ1n) is 7.05. The van der Waals surface area contributed by atoms with E-state index in [-0.39, 0.29) is 5.92 Å². The predicted octanol–water partition coefficient (Wildman–Crippen LogP) is 2.80. The molecule has 0 saturated heterocycles. The zero-order chi connectivity index (χ0) is 12.5. The summed E-state index contributed by atoms with van der Waals surface area (Å²) in [6, 6.07) is 0.432. The number of carbonyl (C=O) groups is 1. The predicted molar refractivity (Wildman–Crippen MR) is 67.9 cm³/mol. The van der Waals surface area contributed by atoms with Crippen molar-refractivity contribution in [2.75, 3.05) is 0 Å². The van der Waals surface area contributed by atoms with E-state index >= 15 is 0 Å². The van der Waals surface area contributed by atoms with E-state index in [1.165, 1.54) is 12.8 Å². The summed E-state index contributed by atoms with van der Waals surface area (Å²) >= 11 is 0. The van der Waals surface area contributed by atoms with Gasteiger partial charge in [0.15, 0.2) is 0 Å². The molecule has 2 N–H and O–H groups in total. The number of nitrogens with one attached hydrogen (secondary N) is 1. The molecule has 17 heavy (non-hydrogen) atoms. The SMILES string of the molecule is CC1CCC(NC2CCCC2)(C(=O)O)C(C)C1. The Morgan fingerprint density at radius 3 is 2.41 bits per heavy atom. The molecule has 98 valence electrons. The number of hydrogen-bond donors (Lipinski definition) is 2. The first-order chi connectivity index (χ1) is 8.04. The summed E-state index contributed by atoms with van der Waals surface area (Å²) in [5, 5.41) is 13.1. The molecule has 3 unspecified atom stereocenters. The van der Waals surface area contributed by atoms with Crippen molar-refractivity contribution >= 4 is 5.97 Å². The van der Waals surface area contributed by atoms with Gasteiger partial charge in [-0.2, -0.15) is 0 Å². The van der Waals surface area contributed by atoms with Gasteiger partial charge in [0.1, 0.15) is 5.54 Å². The fourth-order valence-corrected chi connectivity index (χ4v) is 3.67. The summed E-state index contributed by atoms with van der Waals surface area (Å²) in [5.74, 6) is 0.274. The van der Waals surface area contributed by atoms with Crippen LogP contribution in [0.2, 0.25) is 0 Å². The van der Waals surface area contributed by atoms with Crippen molar-refractivity contribution in [3.63, 3.8) is 0 Å². The molecule has 0 bridgehead atoms. The minimum Gasteiger partial charge on any atom is -0.480 e. The Bertz CT molecular complexity index is 286. The zero-order valence-electron chi connectivity index (χ0n) is 11.0. The highest BCUT2D eigenvalue weighted by molar-refractivity contribution is 5.79. The summed E-state index contributed by atoms with van der Waals surface area (Å²) in [4.78, 5) is 11.7. The van der Waals surface area contributed by atoms with Gasteiger partial charge in [0.2, 0.25) is 0 Å². The van der Waals surface area contributed by atoms with E-state index in [0.29, 0.717) is 12.0 Å². The zero-order valence-corrected chi connectivity index (χ0v) is 11.0. The molecule has 0 aliphatic heterocycles. The standard InChI is InChI=1S/C14H25NO2/c1-10-7-8-14(13(16)17,11(2)9-10)15-12-5-3-4-6-12/h10-12,15H,3-9H2,1-2H3,(H,16,17). The molecule has 3 atom stereocenters. The van der Waals surface area contributed by atoms with Crippen LogP contribution in [0, 0.1) is 11.8 Å². The lowest BCUT2D eigenvalue weighted by Gasteiger charge is -2.43. The van der Waals surface area contributed by atoms with E-state index in [1.807, 2.05) is 0 Å². The molecule has 0 aromatic heterocycles. The van der Waals surface area contributed by atoms with Gasteiger partial charge in [-0.05, 0) is 43.9 Å². The number of rotatable bonds is 3. The van der Waals surface area contributed by atoms with Crippen molar-refractivity contribution in [2.24, 2.45) is 11.8 Å². The maximum Gasteiger partial charge on any atom is 0.324 e. The third kappa shape index (κ3) is 2.49. The van der Waals surface area contributed by atoms with Crippen molar-refractivity contribution in [2.45, 2.75) is 70.4 Å². The van der Waals surface area contributed by atoms with Crippen LogP contribution < -0.4 is 5.32 Å². The number of aliphatic carboxylic acids is 1. The quantitative estimate of drug-likeness (QED) is 0.796. The molecule has 3 nitrogen and oxygen atoms in total. The van der Waals surface area contributed by atoms with E-state index in [0.717, 1.165) is 32.1 Å². The van der Waals surface area contributed by atoms with E-state index in [2.05, 4.69) is 19.2 Å². The summed E-state index contributed by atoms with van der Waals surface area (Å²) in [6.07, 6.45) is 7.66. The fourth-order valence-electron chi connectivity index (χ4n) is 3.67. The highest BCUT2D eigenvalue weighted by Crippen LogP contribution is 2.38. The van der Waals surface area contributed by atoms with Crippen molar-refractivity contribution < 1.29 is 9.90 Å². The van der Waals surface area contributed by atoms with Crippen LogP contribution in [0.1, 0.15) is 58.8 Å². The van der Waals surface area contributed by atoms with Crippen molar-refractivity contribution in [3.05, 3.63) is 0 Å². The molecule has 0 amide bonds. The third-order valence-corrected chi connectivity index (χ3v) is 4.83. The molecule has 0 spiro atoms. The van der Waals surface area contributed by atoms with Crippen LogP contribution in [0.15, 0.2) is 0 Å². The molecule has 0 heterocycles. The van der Waals surface area contributed by atoms with Crippen molar-refractivity contribution in [3.8, 4) is 0 Å². The van der Waals surface area contributed by atoms with Crippen LogP contribution in [0.3, 0.4) is 0 Å². The topological polar surface area (TPSA) is 49.3 Å². The summed E-state index contributed by atoms with van der Waals surface area (Å²) in [5.41, 5.74) is -0.651. The highest BCUT2D eigenvalue weighted by atomic mass is 16.4. The Hall–Kier alpha value is -0.570. The molecule has 2 rings (SSSR count). The van der Waals surface area contributed by atoms with Crippen LogP contribution >= 0.6 is 0 Å². The molecule has 2 saturated carbocycles. The Balaban J connectivity index is 2.10. The summed E-state index contributed by atoms with van der Waals surface area (Å²) in [6.45, 7) is 4.34. The van der Waals surface area contributed by atoms with Crippen LogP contribution in [-0.4, -0.2) is 22.7 Å². The van der Waals surface area contributed by atoms with Gasteiger partial charge in [0.05, 0.1) is 0 Å². The van der Waals surface area contributed by atoms with Gasteiger partial charge >= 0.3 is 5.97 Å². The van der Waals surface area contributed by atoms with Crippen LogP contribution in [0.4, 0.5) is 0 Å². The smallest absolute Gasteiger partial charge is 0.324 e. The minimum absolute atomic E-state index is 0.240. The first kappa shape index (κ1) is 12.9. The van der Waals surface area contributed by atoms with E-state index < -0.39 is 11.5 Å². The molecule has 0 aromatic carbocycles. The molecular weight excluding hydrogens is 214 g/mol. The largest absolute Gasteiger partial charge is 0.480 e. The van der Waals surface area contributed by atoms with Crippen LogP contribution in [0.25, 0.3) is 0 Å². The van der Waals surface area contributed by atoms with Gasteiger partial charge in [-0.3, -0.25) is 10.1 Å². The second kappa shape index (κ2) is 4.97. The number of carboxylic acids is 1. The van der Waals surface area contributed by atoms with E-state index in [9.17, 15) is 9.90 Å². The Labute approximate surface area is 104 Å². The molecule has 2 aliphatic carbocycles. The lowest BCUT2D eigenvalue weighted by Crippen LogP contribution is -2.61.